The number of rotatable bonds is 2. The van der Waals surface area contributed by atoms with Gasteiger partial charge in [0.15, 0.2) is 0 Å². The molecule has 100 valence electrons. The summed E-state index contributed by atoms with van der Waals surface area (Å²) in [6, 6.07) is 8.88. The molecule has 0 fully saturated rings. The highest BCUT2D eigenvalue weighted by molar-refractivity contribution is 6.42. The topological polar surface area (TPSA) is 46.7 Å². The Kier molecular flexibility index (Phi) is 3.20. The van der Waals surface area contributed by atoms with E-state index >= 15 is 0 Å². The van der Waals surface area contributed by atoms with Crippen LogP contribution in [0.3, 0.4) is 0 Å². The van der Waals surface area contributed by atoms with Crippen molar-refractivity contribution in [3.8, 4) is 11.3 Å². The smallest absolute Gasteiger partial charge is 0.209 e. The molecular formula is C14H9Cl2N3O. The molecule has 0 aliphatic rings. The predicted octanol–water partition coefficient (Wildman–Crippen LogP) is 5.01. The minimum atomic E-state index is 0.249. The first-order valence-electron chi connectivity index (χ1n) is 5.87. The molecule has 0 aliphatic heterocycles. The number of nitroso groups, excluding NO2 is 1. The minimum Gasteiger partial charge on any atom is -0.281 e. The third-order valence-corrected chi connectivity index (χ3v) is 3.77. The quantitative estimate of drug-likeness (QED) is 0.624. The van der Waals surface area contributed by atoms with Gasteiger partial charge >= 0.3 is 0 Å². The Hall–Kier alpha value is -1.91. The molecule has 2 aromatic heterocycles. The van der Waals surface area contributed by atoms with Gasteiger partial charge in [-0.15, -0.1) is 4.91 Å². The van der Waals surface area contributed by atoms with Gasteiger partial charge in [0.2, 0.25) is 5.82 Å². The average Bonchev–Trinajstić information content (AvgIpc) is 2.79. The standard InChI is InChI=1S/C14H9Cl2N3O/c1-8-4-5-19-12(6-8)17-13(14(19)18-20)9-2-3-10(15)11(16)7-9/h2-7H,1H3. The molecular weight excluding hydrogens is 297 g/mol. The number of halogens is 2. The summed E-state index contributed by atoms with van der Waals surface area (Å²) in [5, 5.41) is 3.96. The molecule has 1 aromatic carbocycles. The molecule has 3 aromatic rings. The van der Waals surface area contributed by atoms with Crippen LogP contribution in [0.1, 0.15) is 5.56 Å². The normalized spacial score (nSPS) is 10.9. The second-order valence-electron chi connectivity index (χ2n) is 4.44. The van der Waals surface area contributed by atoms with Crippen molar-refractivity contribution in [3.63, 3.8) is 0 Å². The molecule has 0 spiro atoms. The molecule has 0 aliphatic carbocycles. The number of pyridine rings is 1. The third-order valence-electron chi connectivity index (χ3n) is 3.04. The van der Waals surface area contributed by atoms with Crippen molar-refractivity contribution in [2.45, 2.75) is 6.92 Å². The highest BCUT2D eigenvalue weighted by atomic mass is 35.5. The Morgan fingerprint density at radius 3 is 2.65 bits per heavy atom. The van der Waals surface area contributed by atoms with Crippen LogP contribution in [-0.2, 0) is 0 Å². The maximum absolute atomic E-state index is 11.1. The van der Waals surface area contributed by atoms with Crippen LogP contribution < -0.4 is 0 Å². The van der Waals surface area contributed by atoms with E-state index in [4.69, 9.17) is 23.2 Å². The summed E-state index contributed by atoms with van der Waals surface area (Å²) in [6.45, 7) is 1.96. The number of nitrogens with zero attached hydrogens (tertiary/aromatic N) is 3. The SMILES string of the molecule is Cc1ccn2c(N=O)c(-c3ccc(Cl)c(Cl)c3)nc2c1. The second-order valence-corrected chi connectivity index (χ2v) is 5.25. The van der Waals surface area contributed by atoms with Gasteiger partial charge in [-0.1, -0.05) is 29.3 Å². The van der Waals surface area contributed by atoms with Gasteiger partial charge < -0.3 is 0 Å². The van der Waals surface area contributed by atoms with Crippen molar-refractivity contribution in [2.24, 2.45) is 5.18 Å². The molecule has 0 bridgehead atoms. The van der Waals surface area contributed by atoms with Crippen molar-refractivity contribution >= 4 is 34.7 Å². The van der Waals surface area contributed by atoms with E-state index in [1.807, 2.05) is 19.1 Å². The molecule has 0 N–H and O–H groups in total. The van der Waals surface area contributed by atoms with Crippen LogP contribution in [0.15, 0.2) is 41.7 Å². The Morgan fingerprint density at radius 2 is 1.95 bits per heavy atom. The first kappa shape index (κ1) is 13.1. The fourth-order valence-corrected chi connectivity index (χ4v) is 2.36. The average molecular weight is 306 g/mol. The van der Waals surface area contributed by atoms with E-state index in [-0.39, 0.29) is 5.82 Å². The molecule has 0 unspecified atom stereocenters. The Labute approximate surface area is 124 Å². The summed E-state index contributed by atoms with van der Waals surface area (Å²) in [5.74, 6) is 0.249. The highest BCUT2D eigenvalue weighted by Gasteiger charge is 2.15. The van der Waals surface area contributed by atoms with Crippen molar-refractivity contribution in [1.29, 1.82) is 0 Å². The molecule has 20 heavy (non-hydrogen) atoms. The van der Waals surface area contributed by atoms with Crippen LogP contribution in [0.25, 0.3) is 16.9 Å². The lowest BCUT2D eigenvalue weighted by Gasteiger charge is -2.00. The number of aromatic nitrogens is 2. The van der Waals surface area contributed by atoms with Gasteiger partial charge in [0.05, 0.1) is 10.0 Å². The number of benzene rings is 1. The zero-order valence-electron chi connectivity index (χ0n) is 10.5. The van der Waals surface area contributed by atoms with Crippen molar-refractivity contribution in [1.82, 2.24) is 9.38 Å². The van der Waals surface area contributed by atoms with Crippen LogP contribution >= 0.6 is 23.2 Å². The van der Waals surface area contributed by atoms with Crippen molar-refractivity contribution in [2.75, 3.05) is 0 Å². The Balaban J connectivity index is 2.29. The molecule has 2 heterocycles. The number of imidazole rings is 1. The zero-order valence-corrected chi connectivity index (χ0v) is 12.0. The molecule has 4 nitrogen and oxygen atoms in total. The molecule has 3 rings (SSSR count). The fraction of sp³-hybridized carbons (Fsp3) is 0.0714. The number of hydrogen-bond donors (Lipinski definition) is 0. The van der Waals surface area contributed by atoms with Gasteiger partial charge in [0.25, 0.3) is 0 Å². The van der Waals surface area contributed by atoms with Crippen molar-refractivity contribution in [3.05, 3.63) is 57.0 Å². The molecule has 6 heteroatoms. The molecule has 0 amide bonds. The van der Waals surface area contributed by atoms with E-state index in [9.17, 15) is 4.91 Å². The monoisotopic (exact) mass is 305 g/mol. The summed E-state index contributed by atoms with van der Waals surface area (Å²) >= 11 is 11.9. The van der Waals surface area contributed by atoms with Gasteiger partial charge in [-0.2, -0.15) is 0 Å². The van der Waals surface area contributed by atoms with E-state index in [2.05, 4.69) is 10.2 Å². The fourth-order valence-electron chi connectivity index (χ4n) is 2.06. The lowest BCUT2D eigenvalue weighted by molar-refractivity contribution is 1.15. The summed E-state index contributed by atoms with van der Waals surface area (Å²) in [4.78, 5) is 15.6. The van der Waals surface area contributed by atoms with Gasteiger partial charge in [0.1, 0.15) is 11.3 Å². The Bertz CT molecular complexity index is 827. The lowest BCUT2D eigenvalue weighted by atomic mass is 10.1. The van der Waals surface area contributed by atoms with Gasteiger partial charge in [-0.05, 0) is 41.9 Å². The molecule has 0 radical (unpaired) electrons. The van der Waals surface area contributed by atoms with E-state index in [1.165, 1.54) is 0 Å². The number of hydrogen-bond acceptors (Lipinski definition) is 3. The summed E-state index contributed by atoms with van der Waals surface area (Å²) < 4.78 is 1.65. The minimum absolute atomic E-state index is 0.249. The van der Waals surface area contributed by atoms with Crippen LogP contribution in [0, 0.1) is 11.8 Å². The van der Waals surface area contributed by atoms with Gasteiger partial charge in [-0.3, -0.25) is 4.40 Å². The van der Waals surface area contributed by atoms with Crippen LogP contribution in [0.5, 0.6) is 0 Å². The molecule has 0 atom stereocenters. The van der Waals surface area contributed by atoms with E-state index in [0.717, 1.165) is 5.56 Å². The van der Waals surface area contributed by atoms with Crippen LogP contribution in [0.2, 0.25) is 10.0 Å². The first-order chi connectivity index (χ1) is 9.60. The van der Waals surface area contributed by atoms with Crippen molar-refractivity contribution < 1.29 is 0 Å². The van der Waals surface area contributed by atoms with E-state index in [0.29, 0.717) is 26.9 Å². The molecule has 0 saturated heterocycles. The van der Waals surface area contributed by atoms with Crippen LogP contribution in [0.4, 0.5) is 5.82 Å². The largest absolute Gasteiger partial charge is 0.281 e. The lowest BCUT2D eigenvalue weighted by Crippen LogP contribution is -1.83. The summed E-state index contributed by atoms with van der Waals surface area (Å²) in [7, 11) is 0. The number of aryl methyl sites for hydroxylation is 1. The second kappa shape index (κ2) is 4.89. The van der Waals surface area contributed by atoms with Gasteiger partial charge in [0, 0.05) is 11.8 Å². The van der Waals surface area contributed by atoms with E-state index in [1.54, 1.807) is 28.8 Å². The summed E-state index contributed by atoms with van der Waals surface area (Å²) in [6.07, 6.45) is 1.77. The zero-order chi connectivity index (χ0) is 14.3. The number of fused-ring (bicyclic) bond motifs is 1. The third kappa shape index (κ3) is 2.07. The van der Waals surface area contributed by atoms with Gasteiger partial charge in [-0.25, -0.2) is 4.98 Å². The maximum Gasteiger partial charge on any atom is 0.209 e. The molecule has 0 saturated carbocycles. The maximum atomic E-state index is 11.1. The summed E-state index contributed by atoms with van der Waals surface area (Å²) in [5.41, 5.74) is 2.92. The highest BCUT2D eigenvalue weighted by Crippen LogP contribution is 2.34. The van der Waals surface area contributed by atoms with E-state index < -0.39 is 0 Å². The predicted molar refractivity (Wildman–Crippen MR) is 80.8 cm³/mol. The van der Waals surface area contributed by atoms with Crippen LogP contribution in [-0.4, -0.2) is 9.38 Å². The Morgan fingerprint density at radius 1 is 1.15 bits per heavy atom. The first-order valence-corrected chi connectivity index (χ1v) is 6.63.